The number of hydrogen-bond donors (Lipinski definition) is 1. The average molecular weight is 356 g/mol. The molecule has 25 heavy (non-hydrogen) atoms. The highest BCUT2D eigenvalue weighted by Crippen LogP contribution is 2.47. The number of anilines is 2. The summed E-state index contributed by atoms with van der Waals surface area (Å²) in [5.74, 6) is 0. The van der Waals surface area contributed by atoms with E-state index in [2.05, 4.69) is 36.2 Å². The number of fused-ring (bicyclic) bond motifs is 2. The first-order valence-electron chi connectivity index (χ1n) is 8.90. The van der Waals surface area contributed by atoms with E-state index in [1.807, 2.05) is 36.4 Å². The van der Waals surface area contributed by atoms with Gasteiger partial charge in [0.25, 0.3) is 0 Å². The van der Waals surface area contributed by atoms with Gasteiger partial charge in [-0.2, -0.15) is 0 Å². The predicted molar refractivity (Wildman–Crippen MR) is 105 cm³/mol. The summed E-state index contributed by atoms with van der Waals surface area (Å²) in [6.45, 7) is 8.13. The van der Waals surface area contributed by atoms with Gasteiger partial charge in [0.15, 0.2) is 0 Å². The molecule has 0 fully saturated rings. The average Bonchev–Trinajstić information content (AvgIpc) is 2.66. The molecule has 5 heteroatoms. The Morgan fingerprint density at radius 3 is 2.12 bits per heavy atom. The minimum absolute atomic E-state index is 0.0558. The molecule has 4 nitrogen and oxygen atoms in total. The van der Waals surface area contributed by atoms with Gasteiger partial charge >= 0.3 is 6.03 Å². The SMILES string of the molecule is CCN(CC)CCCNC(=O)N1c2ccccc2Sc2ccccc21. The zero-order valence-corrected chi connectivity index (χ0v) is 15.7. The Hall–Kier alpha value is -1.98. The van der Waals surface area contributed by atoms with Crippen molar-refractivity contribution < 1.29 is 4.79 Å². The third kappa shape index (κ3) is 3.99. The Morgan fingerprint density at radius 2 is 1.56 bits per heavy atom. The van der Waals surface area contributed by atoms with Crippen LogP contribution in [0.4, 0.5) is 16.2 Å². The van der Waals surface area contributed by atoms with Gasteiger partial charge in [0.2, 0.25) is 0 Å². The molecule has 1 aliphatic rings. The summed E-state index contributed by atoms with van der Waals surface area (Å²) in [7, 11) is 0. The summed E-state index contributed by atoms with van der Waals surface area (Å²) in [6.07, 6.45) is 0.958. The van der Waals surface area contributed by atoms with Crippen LogP contribution in [0.2, 0.25) is 0 Å². The van der Waals surface area contributed by atoms with Crippen molar-refractivity contribution in [2.24, 2.45) is 0 Å². The van der Waals surface area contributed by atoms with Crippen molar-refractivity contribution in [2.75, 3.05) is 31.1 Å². The fourth-order valence-electron chi connectivity index (χ4n) is 3.04. The van der Waals surface area contributed by atoms with Crippen LogP contribution in [-0.2, 0) is 0 Å². The number of hydrogen-bond acceptors (Lipinski definition) is 3. The molecule has 0 aliphatic carbocycles. The monoisotopic (exact) mass is 355 g/mol. The molecule has 0 bridgehead atoms. The lowest BCUT2D eigenvalue weighted by molar-refractivity contribution is 0.246. The third-order valence-corrected chi connectivity index (χ3v) is 5.59. The highest BCUT2D eigenvalue weighted by molar-refractivity contribution is 7.99. The van der Waals surface area contributed by atoms with Crippen LogP contribution in [-0.4, -0.2) is 37.1 Å². The van der Waals surface area contributed by atoms with E-state index in [1.54, 1.807) is 16.7 Å². The molecular formula is C20H25N3OS. The number of nitrogens with one attached hydrogen (secondary N) is 1. The maximum absolute atomic E-state index is 12.9. The molecule has 0 saturated heterocycles. The normalized spacial score (nSPS) is 12.7. The van der Waals surface area contributed by atoms with Gasteiger partial charge in [0.1, 0.15) is 0 Å². The van der Waals surface area contributed by atoms with Crippen LogP contribution in [0, 0.1) is 0 Å². The summed E-state index contributed by atoms with van der Waals surface area (Å²) in [6, 6.07) is 16.1. The molecule has 3 rings (SSSR count). The summed E-state index contributed by atoms with van der Waals surface area (Å²) >= 11 is 1.71. The first kappa shape index (κ1) is 17.8. The number of rotatable bonds is 6. The van der Waals surface area contributed by atoms with Gasteiger partial charge in [-0.1, -0.05) is 49.9 Å². The van der Waals surface area contributed by atoms with Gasteiger partial charge in [-0.15, -0.1) is 0 Å². The number of urea groups is 1. The van der Waals surface area contributed by atoms with E-state index in [-0.39, 0.29) is 6.03 Å². The minimum atomic E-state index is -0.0558. The fraction of sp³-hybridized carbons (Fsp3) is 0.350. The second kappa shape index (κ2) is 8.41. The van der Waals surface area contributed by atoms with Crippen molar-refractivity contribution in [2.45, 2.75) is 30.1 Å². The highest BCUT2D eigenvalue weighted by atomic mass is 32.2. The zero-order chi connectivity index (χ0) is 17.6. The number of para-hydroxylation sites is 2. The summed E-state index contributed by atoms with van der Waals surface area (Å²) < 4.78 is 0. The van der Waals surface area contributed by atoms with Crippen LogP contribution < -0.4 is 10.2 Å². The number of carbonyl (C=O) groups excluding carboxylic acids is 1. The Bertz CT molecular complexity index is 685. The van der Waals surface area contributed by atoms with Gasteiger partial charge in [0, 0.05) is 16.3 Å². The third-order valence-electron chi connectivity index (χ3n) is 4.46. The molecule has 1 heterocycles. The van der Waals surface area contributed by atoms with Crippen molar-refractivity contribution in [1.29, 1.82) is 0 Å². The summed E-state index contributed by atoms with van der Waals surface area (Å²) in [4.78, 5) is 19.3. The number of nitrogens with zero attached hydrogens (tertiary/aromatic N) is 2. The number of amides is 2. The molecule has 0 saturated carbocycles. The second-order valence-electron chi connectivity index (χ2n) is 5.99. The van der Waals surface area contributed by atoms with Crippen molar-refractivity contribution >= 4 is 29.2 Å². The van der Waals surface area contributed by atoms with Gasteiger partial charge in [-0.3, -0.25) is 4.90 Å². The molecule has 2 aromatic rings. The summed E-state index contributed by atoms with van der Waals surface area (Å²) in [5, 5.41) is 3.09. The molecule has 1 aliphatic heterocycles. The van der Waals surface area contributed by atoms with E-state index in [1.165, 1.54) is 0 Å². The largest absolute Gasteiger partial charge is 0.337 e. The molecule has 0 radical (unpaired) electrons. The Morgan fingerprint density at radius 1 is 1.00 bits per heavy atom. The first-order valence-corrected chi connectivity index (χ1v) is 9.72. The minimum Gasteiger partial charge on any atom is -0.337 e. The Kier molecular flexibility index (Phi) is 6.00. The van der Waals surface area contributed by atoms with E-state index in [0.717, 1.165) is 47.2 Å². The molecular weight excluding hydrogens is 330 g/mol. The van der Waals surface area contributed by atoms with Crippen molar-refractivity contribution in [3.8, 4) is 0 Å². The van der Waals surface area contributed by atoms with Crippen LogP contribution in [0.15, 0.2) is 58.3 Å². The molecule has 0 unspecified atom stereocenters. The first-order chi connectivity index (χ1) is 12.2. The van der Waals surface area contributed by atoms with Crippen molar-refractivity contribution in [3.05, 3.63) is 48.5 Å². The highest BCUT2D eigenvalue weighted by Gasteiger charge is 2.27. The smallest absolute Gasteiger partial charge is 0.326 e. The topological polar surface area (TPSA) is 35.6 Å². The molecule has 0 aromatic heterocycles. The quantitative estimate of drug-likeness (QED) is 0.761. The number of benzene rings is 2. The molecule has 2 amide bonds. The Labute approximate surface area is 154 Å². The van der Waals surface area contributed by atoms with Gasteiger partial charge in [0.05, 0.1) is 11.4 Å². The predicted octanol–water partition coefficient (Wildman–Crippen LogP) is 4.73. The molecule has 0 spiro atoms. The maximum Gasteiger partial charge on any atom is 0.326 e. The Balaban J connectivity index is 1.72. The fourth-order valence-corrected chi connectivity index (χ4v) is 4.10. The van der Waals surface area contributed by atoms with E-state index in [4.69, 9.17) is 0 Å². The van der Waals surface area contributed by atoms with Gasteiger partial charge in [-0.05, 0) is 50.3 Å². The van der Waals surface area contributed by atoms with Crippen LogP contribution in [0.1, 0.15) is 20.3 Å². The molecule has 0 atom stereocenters. The van der Waals surface area contributed by atoms with Gasteiger partial charge < -0.3 is 10.2 Å². The van der Waals surface area contributed by atoms with Crippen LogP contribution >= 0.6 is 11.8 Å². The zero-order valence-electron chi connectivity index (χ0n) is 14.9. The standard InChI is InChI=1S/C20H25N3OS/c1-3-22(4-2)15-9-14-21-20(24)23-16-10-5-7-12-18(16)25-19-13-8-6-11-17(19)23/h5-8,10-13H,3-4,9,14-15H2,1-2H3,(H,21,24). The van der Waals surface area contributed by atoms with E-state index < -0.39 is 0 Å². The van der Waals surface area contributed by atoms with E-state index in [0.29, 0.717) is 6.54 Å². The lowest BCUT2D eigenvalue weighted by atomic mass is 10.2. The second-order valence-corrected chi connectivity index (χ2v) is 7.07. The van der Waals surface area contributed by atoms with Crippen LogP contribution in [0.3, 0.4) is 0 Å². The van der Waals surface area contributed by atoms with Crippen LogP contribution in [0.5, 0.6) is 0 Å². The molecule has 2 aromatic carbocycles. The summed E-state index contributed by atoms with van der Waals surface area (Å²) in [5.41, 5.74) is 1.90. The molecule has 1 N–H and O–H groups in total. The van der Waals surface area contributed by atoms with Crippen molar-refractivity contribution in [1.82, 2.24) is 10.2 Å². The van der Waals surface area contributed by atoms with Crippen molar-refractivity contribution in [3.63, 3.8) is 0 Å². The lowest BCUT2D eigenvalue weighted by Gasteiger charge is -2.31. The van der Waals surface area contributed by atoms with Gasteiger partial charge in [-0.25, -0.2) is 4.79 Å². The van der Waals surface area contributed by atoms with E-state index in [9.17, 15) is 4.79 Å². The number of carbonyl (C=O) groups is 1. The van der Waals surface area contributed by atoms with E-state index >= 15 is 0 Å². The molecule has 132 valence electrons. The maximum atomic E-state index is 12.9. The van der Waals surface area contributed by atoms with Crippen LogP contribution in [0.25, 0.3) is 0 Å². The lowest BCUT2D eigenvalue weighted by Crippen LogP contribution is -2.39.